The molecule has 0 spiro atoms. The number of carbonyl (C=O) groups is 1. The molecular weight excluding hydrogens is 286 g/mol. The monoisotopic (exact) mass is 311 g/mol. The van der Waals surface area contributed by atoms with Crippen LogP contribution in [0.4, 0.5) is 0 Å². The zero-order valence-electron chi connectivity index (χ0n) is 14.0. The first kappa shape index (κ1) is 16.1. The Morgan fingerprint density at radius 3 is 2.74 bits per heavy atom. The molecule has 2 fully saturated rings. The van der Waals surface area contributed by atoms with Crippen molar-refractivity contribution in [3.8, 4) is 6.07 Å². The molecule has 2 saturated carbocycles. The molecule has 3 heteroatoms. The van der Waals surface area contributed by atoms with Crippen LogP contribution in [0.3, 0.4) is 0 Å². The minimum absolute atomic E-state index is 0.00245. The Hall–Kier alpha value is -1.82. The van der Waals surface area contributed by atoms with Gasteiger partial charge >= 0.3 is 5.97 Å². The van der Waals surface area contributed by atoms with Crippen molar-refractivity contribution in [1.29, 1.82) is 5.26 Å². The van der Waals surface area contributed by atoms with Crippen molar-refractivity contribution in [3.05, 3.63) is 35.9 Å². The van der Waals surface area contributed by atoms with Crippen LogP contribution in [0.15, 0.2) is 30.3 Å². The minimum atomic E-state index is -0.211. The number of esters is 1. The molecule has 1 aromatic carbocycles. The lowest BCUT2D eigenvalue weighted by Gasteiger charge is -2.45. The van der Waals surface area contributed by atoms with Gasteiger partial charge < -0.3 is 4.74 Å². The Morgan fingerprint density at radius 2 is 2.04 bits per heavy atom. The van der Waals surface area contributed by atoms with E-state index in [1.807, 2.05) is 25.1 Å². The molecule has 0 aromatic heterocycles. The van der Waals surface area contributed by atoms with Crippen molar-refractivity contribution < 1.29 is 9.53 Å². The molecule has 0 amide bonds. The molecule has 0 N–H and O–H groups in total. The third-order valence-electron chi connectivity index (χ3n) is 6.21. The van der Waals surface area contributed by atoms with E-state index in [4.69, 9.17) is 4.74 Å². The fourth-order valence-corrected chi connectivity index (χ4v) is 4.99. The second-order valence-electron chi connectivity index (χ2n) is 7.42. The van der Waals surface area contributed by atoms with Crippen LogP contribution in [0.5, 0.6) is 0 Å². The summed E-state index contributed by atoms with van der Waals surface area (Å²) in [5.74, 6) is 0.686. The highest BCUT2D eigenvalue weighted by molar-refractivity contribution is 5.89. The normalized spacial score (nSPS) is 34.2. The Kier molecular flexibility index (Phi) is 4.43. The number of carbonyl (C=O) groups excluding carboxylic acids is 1. The largest absolute Gasteiger partial charge is 0.458 e. The summed E-state index contributed by atoms with van der Waals surface area (Å²) in [4.78, 5) is 12.4. The maximum Gasteiger partial charge on any atom is 0.338 e. The lowest BCUT2D eigenvalue weighted by Crippen LogP contribution is -2.43. The molecule has 0 unspecified atom stereocenters. The van der Waals surface area contributed by atoms with Crippen LogP contribution in [-0.4, -0.2) is 12.1 Å². The van der Waals surface area contributed by atoms with Gasteiger partial charge in [-0.05, 0) is 62.5 Å². The van der Waals surface area contributed by atoms with Gasteiger partial charge in [-0.15, -0.1) is 0 Å². The summed E-state index contributed by atoms with van der Waals surface area (Å²) in [6, 6.07) is 11.7. The second kappa shape index (κ2) is 6.35. The van der Waals surface area contributed by atoms with E-state index >= 15 is 0 Å². The lowest BCUT2D eigenvalue weighted by atomic mass is 9.62. The molecule has 0 aliphatic heterocycles. The highest BCUT2D eigenvalue weighted by Gasteiger charge is 2.53. The highest BCUT2D eigenvalue weighted by atomic mass is 16.5. The standard InChI is InChI=1S/C20H25NO2/c1-14(13-21)16-10-11-17-18(9-6-12-20(16,17)2)23-19(22)15-7-4-3-5-8-15/h3-5,7-8,14,16-18H,6,9-12H2,1-2H3/t14-,16+,17-,18-,20+/m0/s1. The third kappa shape index (κ3) is 2.87. The molecule has 0 bridgehead atoms. The van der Waals surface area contributed by atoms with E-state index in [2.05, 4.69) is 13.0 Å². The van der Waals surface area contributed by atoms with E-state index in [0.29, 0.717) is 17.4 Å². The molecule has 0 heterocycles. The van der Waals surface area contributed by atoms with Gasteiger partial charge in [0.2, 0.25) is 0 Å². The average Bonchev–Trinajstić information content (AvgIpc) is 2.93. The number of nitriles is 1. The van der Waals surface area contributed by atoms with E-state index in [1.165, 1.54) is 0 Å². The summed E-state index contributed by atoms with van der Waals surface area (Å²) in [7, 11) is 0. The quantitative estimate of drug-likeness (QED) is 0.767. The molecule has 3 nitrogen and oxygen atoms in total. The van der Waals surface area contributed by atoms with Crippen LogP contribution in [-0.2, 0) is 4.74 Å². The van der Waals surface area contributed by atoms with Gasteiger partial charge in [0.15, 0.2) is 0 Å². The fraction of sp³-hybridized carbons (Fsp3) is 0.600. The number of rotatable bonds is 3. The molecule has 2 aliphatic rings. The Bertz CT molecular complexity index is 606. The predicted molar refractivity (Wildman–Crippen MR) is 88.6 cm³/mol. The fourth-order valence-electron chi connectivity index (χ4n) is 4.99. The molecular formula is C20H25NO2. The first-order chi connectivity index (χ1) is 11.1. The van der Waals surface area contributed by atoms with Crippen molar-refractivity contribution in [2.24, 2.45) is 23.2 Å². The van der Waals surface area contributed by atoms with Gasteiger partial charge in [-0.3, -0.25) is 0 Å². The first-order valence-electron chi connectivity index (χ1n) is 8.72. The van der Waals surface area contributed by atoms with Crippen LogP contribution in [0, 0.1) is 34.5 Å². The van der Waals surface area contributed by atoms with E-state index in [1.54, 1.807) is 12.1 Å². The summed E-state index contributed by atoms with van der Waals surface area (Å²) in [6.45, 7) is 4.35. The number of hydrogen-bond donors (Lipinski definition) is 0. The summed E-state index contributed by atoms with van der Waals surface area (Å²) in [5, 5.41) is 9.32. The van der Waals surface area contributed by atoms with Crippen LogP contribution in [0.2, 0.25) is 0 Å². The summed E-state index contributed by atoms with van der Waals surface area (Å²) < 4.78 is 5.90. The van der Waals surface area contributed by atoms with Gasteiger partial charge in [0.05, 0.1) is 11.6 Å². The SMILES string of the molecule is C[C@@H](C#N)[C@H]1CC[C@H]2[C@@H](OC(=O)c3ccccc3)CCC[C@]12C. The van der Waals surface area contributed by atoms with E-state index in [0.717, 1.165) is 32.1 Å². The summed E-state index contributed by atoms with van der Waals surface area (Å²) in [6.07, 6.45) is 5.32. The van der Waals surface area contributed by atoms with Gasteiger partial charge in [0, 0.05) is 11.8 Å². The molecule has 0 radical (unpaired) electrons. The maximum absolute atomic E-state index is 12.4. The Balaban J connectivity index is 1.75. The van der Waals surface area contributed by atoms with Gasteiger partial charge in [-0.25, -0.2) is 4.79 Å². The number of fused-ring (bicyclic) bond motifs is 1. The Morgan fingerprint density at radius 1 is 1.30 bits per heavy atom. The van der Waals surface area contributed by atoms with Gasteiger partial charge in [-0.2, -0.15) is 5.26 Å². The number of benzene rings is 1. The van der Waals surface area contributed by atoms with Gasteiger partial charge in [-0.1, -0.05) is 25.1 Å². The summed E-state index contributed by atoms with van der Waals surface area (Å²) in [5.41, 5.74) is 0.759. The van der Waals surface area contributed by atoms with Gasteiger partial charge in [0.25, 0.3) is 0 Å². The van der Waals surface area contributed by atoms with Crippen molar-refractivity contribution >= 4 is 5.97 Å². The van der Waals surface area contributed by atoms with Crippen LogP contribution < -0.4 is 0 Å². The van der Waals surface area contributed by atoms with Gasteiger partial charge in [0.1, 0.15) is 6.10 Å². The highest BCUT2D eigenvalue weighted by Crippen LogP contribution is 2.58. The predicted octanol–water partition coefficient (Wildman–Crippen LogP) is 4.59. The molecule has 1 aromatic rings. The van der Waals surface area contributed by atoms with Crippen LogP contribution >= 0.6 is 0 Å². The maximum atomic E-state index is 12.4. The topological polar surface area (TPSA) is 50.1 Å². The molecule has 23 heavy (non-hydrogen) atoms. The van der Waals surface area contributed by atoms with Crippen molar-refractivity contribution in [2.75, 3.05) is 0 Å². The zero-order chi connectivity index (χ0) is 16.4. The number of ether oxygens (including phenoxy) is 1. The van der Waals surface area contributed by atoms with Crippen molar-refractivity contribution in [1.82, 2.24) is 0 Å². The number of hydrogen-bond acceptors (Lipinski definition) is 3. The zero-order valence-corrected chi connectivity index (χ0v) is 14.0. The second-order valence-corrected chi connectivity index (χ2v) is 7.42. The molecule has 122 valence electrons. The van der Waals surface area contributed by atoms with Crippen molar-refractivity contribution in [2.45, 2.75) is 52.1 Å². The van der Waals surface area contributed by atoms with Crippen LogP contribution in [0.1, 0.15) is 56.3 Å². The Labute approximate surface area is 138 Å². The van der Waals surface area contributed by atoms with E-state index in [-0.39, 0.29) is 23.4 Å². The minimum Gasteiger partial charge on any atom is -0.458 e. The molecule has 2 aliphatic carbocycles. The van der Waals surface area contributed by atoms with Crippen LogP contribution in [0.25, 0.3) is 0 Å². The third-order valence-corrected chi connectivity index (χ3v) is 6.21. The smallest absolute Gasteiger partial charge is 0.338 e. The average molecular weight is 311 g/mol. The van der Waals surface area contributed by atoms with Crippen molar-refractivity contribution in [3.63, 3.8) is 0 Å². The molecule has 0 saturated heterocycles. The summed E-state index contributed by atoms with van der Waals surface area (Å²) >= 11 is 0. The lowest BCUT2D eigenvalue weighted by molar-refractivity contribution is -0.0441. The molecule has 5 atom stereocenters. The first-order valence-corrected chi connectivity index (χ1v) is 8.72. The molecule has 3 rings (SSSR count). The number of nitrogens with zero attached hydrogens (tertiary/aromatic N) is 1. The van der Waals surface area contributed by atoms with E-state index in [9.17, 15) is 10.1 Å². The van der Waals surface area contributed by atoms with E-state index < -0.39 is 0 Å².